The number of nitrogens with zero attached hydrogens (tertiary/aromatic N) is 1. The van der Waals surface area contributed by atoms with Gasteiger partial charge in [0, 0.05) is 54.1 Å². The van der Waals surface area contributed by atoms with Crippen molar-refractivity contribution in [2.75, 3.05) is 33.3 Å². The molecular formula is C67H67BrF3NNa2O20S3. The molecule has 3 saturated heterocycles. The molecular weight excluding hydrogens is 1420 g/mol. The number of hydrogen-bond acceptors (Lipinski definition) is 23. The third-order valence-corrected chi connectivity index (χ3v) is 22.9. The fourth-order valence-corrected chi connectivity index (χ4v) is 18.2. The van der Waals surface area contributed by atoms with Gasteiger partial charge in [-0.3, -0.25) is 24.0 Å². The Hall–Kier alpha value is -5.02. The van der Waals surface area contributed by atoms with Gasteiger partial charge in [-0.2, -0.15) is 0 Å². The minimum Gasteiger partial charge on any atom is -1.00 e. The monoisotopic (exact) mass is 1480 g/mol. The molecule has 2 bridgehead atoms. The summed E-state index contributed by atoms with van der Waals surface area (Å²) in [6.45, 7) is 5.80. The van der Waals surface area contributed by atoms with E-state index in [0.717, 1.165) is 35.5 Å². The number of aliphatic hydroxyl groups is 3. The van der Waals surface area contributed by atoms with Crippen LogP contribution < -0.4 is 107 Å². The van der Waals surface area contributed by atoms with E-state index in [1.165, 1.54) is 78.1 Å². The molecule has 97 heavy (non-hydrogen) atoms. The van der Waals surface area contributed by atoms with Crippen molar-refractivity contribution in [1.82, 2.24) is 0 Å². The molecule has 3 saturated carbocycles. The average molecular weight is 1490 g/mol. The molecule has 6 aromatic rings. The maximum atomic E-state index is 17.2. The van der Waals surface area contributed by atoms with Crippen LogP contribution >= 0.6 is 34.4 Å². The molecule has 21 nitrogen and oxygen atoms in total. The summed E-state index contributed by atoms with van der Waals surface area (Å²) >= 11 is 3.14. The molecule has 0 spiro atoms. The first-order valence-electron chi connectivity index (χ1n) is 30.4. The molecule has 13 rings (SSSR count). The number of benzene rings is 2. The Balaban J connectivity index is 0.000000185. The number of alkyl halides is 3. The number of halogens is 4. The third-order valence-electron chi connectivity index (χ3n) is 20.3. The second-order valence-electron chi connectivity index (χ2n) is 25.7. The van der Waals surface area contributed by atoms with Crippen molar-refractivity contribution in [2.45, 2.75) is 132 Å². The van der Waals surface area contributed by atoms with Gasteiger partial charge >= 0.3 is 71.1 Å². The van der Waals surface area contributed by atoms with E-state index < -0.39 is 127 Å². The molecule has 508 valence electrons. The van der Waals surface area contributed by atoms with Crippen molar-refractivity contribution in [3.05, 3.63) is 149 Å². The number of hydrogen-bond donors (Lipinski definition) is 3. The van der Waals surface area contributed by atoms with Crippen LogP contribution in [0, 0.1) is 28.6 Å². The number of aromatic carboxylic acids is 2. The topological polar surface area (TPSA) is 319 Å². The number of esters is 2. The molecule has 0 radical (unpaired) electrons. The summed E-state index contributed by atoms with van der Waals surface area (Å²) in [6, 6.07) is 17.1. The number of ketones is 1. The van der Waals surface area contributed by atoms with Gasteiger partial charge in [-0.15, -0.1) is 22.7 Å². The molecule has 4 aromatic heterocycles. The first-order valence-corrected chi connectivity index (χ1v) is 33.2. The van der Waals surface area contributed by atoms with Crippen molar-refractivity contribution in [2.24, 2.45) is 28.6 Å². The molecule has 7 heterocycles. The fourth-order valence-electron chi connectivity index (χ4n) is 15.7. The van der Waals surface area contributed by atoms with Crippen molar-refractivity contribution >= 4 is 91.1 Å². The molecule has 7 aliphatic rings. The van der Waals surface area contributed by atoms with E-state index in [9.17, 15) is 68.3 Å². The Morgan fingerprint density at radius 1 is 0.814 bits per heavy atom. The second kappa shape index (κ2) is 29.9. The van der Waals surface area contributed by atoms with Crippen LogP contribution in [0.2, 0.25) is 0 Å². The number of epoxide rings is 1. The minimum absolute atomic E-state index is 0. The van der Waals surface area contributed by atoms with Crippen LogP contribution in [0.3, 0.4) is 0 Å². The van der Waals surface area contributed by atoms with Gasteiger partial charge < -0.3 is 89.1 Å². The number of morpholine rings is 1. The predicted octanol–water partition coefficient (Wildman–Crippen LogP) is -2.77. The number of ether oxygens (including phenoxy) is 5. The maximum absolute atomic E-state index is 17.2. The van der Waals surface area contributed by atoms with Crippen LogP contribution in [0.1, 0.15) is 97.1 Å². The molecule has 3 aliphatic heterocycles. The second-order valence-corrected chi connectivity index (χ2v) is 28.4. The number of aliphatic hydroxyl groups excluding tert-OH is 2. The Morgan fingerprint density at radius 2 is 1.34 bits per heavy atom. The van der Waals surface area contributed by atoms with Gasteiger partial charge in [-0.25, -0.2) is 18.0 Å². The van der Waals surface area contributed by atoms with E-state index >= 15 is 8.78 Å². The fraction of sp³-hybridized carbons (Fsp3) is 0.463. The zero-order chi connectivity index (χ0) is 67.8. The van der Waals surface area contributed by atoms with E-state index in [2.05, 4.69) is 14.1 Å². The molecule has 6 fully saturated rings. The van der Waals surface area contributed by atoms with Crippen LogP contribution in [0.25, 0.3) is 21.9 Å². The van der Waals surface area contributed by atoms with Crippen LogP contribution in [0.5, 0.6) is 11.5 Å². The maximum Gasteiger partial charge on any atom is 1.00 e. The zero-order valence-electron chi connectivity index (χ0n) is 54.0. The third kappa shape index (κ3) is 13.6. The number of carbonyl (C=O) groups is 6. The zero-order valence-corrected chi connectivity index (χ0v) is 62.0. The number of fused-ring (bicyclic) bond motifs is 12. The van der Waals surface area contributed by atoms with Crippen molar-refractivity contribution < 1.29 is 181 Å². The number of rotatable bonds is 16. The first-order chi connectivity index (χ1) is 44.5. The molecule has 2 aromatic carbocycles. The predicted molar refractivity (Wildman–Crippen MR) is 331 cm³/mol. The Labute approximate surface area is 620 Å². The van der Waals surface area contributed by atoms with Gasteiger partial charge in [-0.05, 0) is 109 Å². The number of thioether (sulfide) groups is 1. The van der Waals surface area contributed by atoms with E-state index in [0.29, 0.717) is 45.8 Å². The number of piperidine rings is 1. The van der Waals surface area contributed by atoms with Crippen LogP contribution in [0.15, 0.2) is 126 Å². The normalized spacial score (nSPS) is 29.7. The van der Waals surface area contributed by atoms with Crippen molar-refractivity contribution in [1.29, 1.82) is 0 Å². The number of carboxylic acid groups (broad SMARTS) is 2. The van der Waals surface area contributed by atoms with E-state index in [-0.39, 0.29) is 160 Å². The Kier molecular flexibility index (Phi) is 23.9. The summed E-state index contributed by atoms with van der Waals surface area (Å²) in [5.74, 6) is -8.30. The van der Waals surface area contributed by atoms with E-state index in [1.807, 2.05) is 22.9 Å². The van der Waals surface area contributed by atoms with E-state index in [4.69, 9.17) is 32.5 Å². The Morgan fingerprint density at radius 3 is 1.81 bits per heavy atom. The molecule has 4 aliphatic carbocycles. The van der Waals surface area contributed by atoms with Gasteiger partial charge in [0.1, 0.15) is 107 Å². The summed E-state index contributed by atoms with van der Waals surface area (Å²) in [7, 11) is 4.49. The number of quaternary nitrogens is 1. The number of carbonyl (C=O) groups excluding carboxylic acids is 6. The quantitative estimate of drug-likeness (QED) is 0.0382. The Bertz CT molecular complexity index is 4010. The summed E-state index contributed by atoms with van der Waals surface area (Å²) in [4.78, 5) is 98.6. The molecule has 14 atom stereocenters. The molecule has 30 heteroatoms. The summed E-state index contributed by atoms with van der Waals surface area (Å²) in [5.41, 5.74) is -9.96. The van der Waals surface area contributed by atoms with Gasteiger partial charge in [0.2, 0.25) is 10.7 Å². The molecule has 0 amide bonds. The largest absolute Gasteiger partial charge is 1.00 e. The minimum atomic E-state index is -2.30. The first kappa shape index (κ1) is 77.7. The van der Waals surface area contributed by atoms with Gasteiger partial charge in [0.15, 0.2) is 39.4 Å². The van der Waals surface area contributed by atoms with Gasteiger partial charge in [-0.1, -0.05) is 51.1 Å². The van der Waals surface area contributed by atoms with Gasteiger partial charge in [0.05, 0.1) is 30.0 Å². The summed E-state index contributed by atoms with van der Waals surface area (Å²) in [5, 5.41) is 57.9. The molecule has 1 unspecified atom stereocenters. The smallest absolute Gasteiger partial charge is 1.00 e. The average Bonchev–Trinajstić information content (AvgIpc) is 1.62. The van der Waals surface area contributed by atoms with Crippen LogP contribution in [0.4, 0.5) is 13.2 Å². The number of allylic oxidation sites excluding steroid dienone is 4. The van der Waals surface area contributed by atoms with Gasteiger partial charge in [0.25, 0.3) is 0 Å². The van der Waals surface area contributed by atoms with E-state index in [1.54, 1.807) is 32.9 Å². The summed E-state index contributed by atoms with van der Waals surface area (Å²) in [6.07, 6.45) is 0.996. The molecule has 3 N–H and O–H groups in total. The van der Waals surface area contributed by atoms with Crippen LogP contribution in [-0.2, 0) is 39.0 Å². The number of likely N-dealkylation sites (N-methyl/N-ethyl adjacent to an activating group) is 1. The standard InChI is InChI=1S/C25H31F3O5S.C23H16O11.C19H22NO4S2.BrH.2Na/c1-5-20(31)33-25(21(32)34-12-26)13(2)8-15-16-10-18(27)17-9-14(29)6-7-22(17,3)24(16,28)19(30)11-23(15,25)4;24-11(9-31-14-3-1-5-16-20(14)12(25)7-18(33-16)22(27)28)10-32-15-4-2-6-17-21(15)13(26)8-19(34-17)23(29)30;1-20(2)12-9-11(10-13(20)17-16(12)24-17)23-18(21)19(22,14-5-3-7-25-14)15-6-4-8-26-15;;;/h6-7,9,13,15-16,18-19,30H,5,8,10-12H2,1-4H3;1-8,11,24H,9-10H2,(H,27,28)(H,29,30);3-8,11-13,16-17,22H,9-10H2,1-2H3;1H;;/q;;+1;;2*+1/p-3/t13-,15+,16+,18+,19+,22+,23+,24+,25+;;11?,12-,13+,16-,17+;;;/m1...../s1. The SMILES string of the molecule is CCC(=O)O[C@]1(C(=O)SCF)[C@H](C)C[C@H]2[C@@H]3C[C@H](F)C4=CC(=O)C=C[C@]4(C)[C@@]3(F)[C@@H](O)C[C@@]21C.C[N+]1(C)[C@@H]2CC(OC(=O)C(O)(c3cccs3)c3cccs3)C[C@H]1[C@@H]1O[C@@H]12.O=C([O-])c1cc(=O)c2c(OCC(O)COc3cccc4oc(C(=O)[O-])cc(=O)c34)cccc2o1.[Br-].[Na+].[Na+]. The summed E-state index contributed by atoms with van der Waals surface area (Å²) < 4.78 is 85.7. The van der Waals surface area contributed by atoms with Crippen LogP contribution in [-0.4, -0.2) is 148 Å². The number of carboxylic acids is 2. The van der Waals surface area contributed by atoms with Crippen molar-refractivity contribution in [3.8, 4) is 11.5 Å². The number of thiophene rings is 2. The van der Waals surface area contributed by atoms with Crippen molar-refractivity contribution in [3.63, 3.8) is 0 Å².